The Morgan fingerprint density at radius 1 is 1.29 bits per heavy atom. The highest BCUT2D eigenvalue weighted by Crippen LogP contribution is 2.10. The van der Waals surface area contributed by atoms with Crippen molar-refractivity contribution in [2.45, 2.75) is 20.4 Å². The Hall–Kier alpha value is -1.29. The van der Waals surface area contributed by atoms with E-state index in [0.717, 1.165) is 5.56 Å². The van der Waals surface area contributed by atoms with Crippen LogP contribution in [-0.4, -0.2) is 14.0 Å². The zero-order valence-corrected chi connectivity index (χ0v) is 10.6. The highest BCUT2D eigenvalue weighted by atomic mass is 19.3. The molecule has 0 atom stereocenters. The fourth-order valence-corrected chi connectivity index (χ4v) is 1.05. The van der Waals surface area contributed by atoms with Crippen molar-refractivity contribution < 1.29 is 13.2 Å². The van der Waals surface area contributed by atoms with Gasteiger partial charge in [-0.05, 0) is 24.7 Å². The molecule has 1 aromatic carbocycles. The summed E-state index contributed by atoms with van der Waals surface area (Å²) in [4.78, 5) is 0. The molecule has 0 spiro atoms. The van der Waals surface area contributed by atoms with Gasteiger partial charge in [0.15, 0.2) is 0 Å². The van der Waals surface area contributed by atoms with Crippen molar-refractivity contribution in [3.8, 4) is 0 Å². The van der Waals surface area contributed by atoms with Crippen LogP contribution >= 0.6 is 0 Å². The molecule has 1 N–H and O–H groups in total. The molecular formula is C13H20F3N. The lowest BCUT2D eigenvalue weighted by molar-refractivity contribution is 0.295. The van der Waals surface area contributed by atoms with E-state index in [-0.39, 0.29) is 5.82 Å². The number of alkyl halides is 2. The predicted molar refractivity (Wildman–Crippen MR) is 67.7 cm³/mol. The average molecular weight is 247 g/mol. The molecule has 0 aliphatic rings. The summed E-state index contributed by atoms with van der Waals surface area (Å²) in [5, 5.41) is 2.90. The van der Waals surface area contributed by atoms with Crippen LogP contribution in [0.15, 0.2) is 24.8 Å². The molecule has 0 aliphatic carbocycles. The third-order valence-corrected chi connectivity index (χ3v) is 1.67. The van der Waals surface area contributed by atoms with Gasteiger partial charge >= 0.3 is 0 Å². The fraction of sp³-hybridized carbons (Fsp3) is 0.385. The van der Waals surface area contributed by atoms with Gasteiger partial charge in [0.1, 0.15) is 5.82 Å². The van der Waals surface area contributed by atoms with Gasteiger partial charge in [-0.1, -0.05) is 32.6 Å². The van der Waals surface area contributed by atoms with Crippen LogP contribution in [0, 0.1) is 5.82 Å². The van der Waals surface area contributed by atoms with Gasteiger partial charge in [-0.15, -0.1) is 0 Å². The molecule has 0 radical (unpaired) electrons. The van der Waals surface area contributed by atoms with Crippen molar-refractivity contribution in [1.82, 2.24) is 5.32 Å². The van der Waals surface area contributed by atoms with Gasteiger partial charge in [-0.25, -0.2) is 13.2 Å². The van der Waals surface area contributed by atoms with Gasteiger partial charge in [0.05, 0.1) is 0 Å². The first-order chi connectivity index (χ1) is 8.19. The summed E-state index contributed by atoms with van der Waals surface area (Å²) in [7, 11) is 1.79. The van der Waals surface area contributed by atoms with Crippen molar-refractivity contribution in [3.63, 3.8) is 0 Å². The lowest BCUT2D eigenvalue weighted by atomic mass is 10.1. The van der Waals surface area contributed by atoms with Crippen LogP contribution in [0.3, 0.4) is 0 Å². The molecular weight excluding hydrogens is 227 g/mol. The van der Waals surface area contributed by atoms with Crippen LogP contribution in [0.1, 0.15) is 25.0 Å². The van der Waals surface area contributed by atoms with Crippen LogP contribution in [0.2, 0.25) is 0 Å². The zero-order valence-electron chi connectivity index (χ0n) is 10.6. The van der Waals surface area contributed by atoms with Gasteiger partial charge in [0.2, 0.25) is 6.93 Å². The van der Waals surface area contributed by atoms with E-state index in [4.69, 9.17) is 0 Å². The van der Waals surface area contributed by atoms with E-state index in [1.54, 1.807) is 25.3 Å². The van der Waals surface area contributed by atoms with Crippen LogP contribution < -0.4 is 5.32 Å². The Bertz CT molecular complexity index is 301. The standard InChI is InChI=1S/C10H12FN.C2H6.CH2F2/c1-3-8-4-5-10(11)9(6-8)7-12-2;1-2;2-1-3/h3-6,12H,1,7H2,2H3;1-2H3;1H2. The van der Waals surface area contributed by atoms with Crippen molar-refractivity contribution in [3.05, 3.63) is 41.7 Å². The number of halogens is 3. The number of hydrogen-bond acceptors (Lipinski definition) is 1. The lowest BCUT2D eigenvalue weighted by Gasteiger charge is -2.02. The van der Waals surface area contributed by atoms with E-state index in [0.29, 0.717) is 12.1 Å². The van der Waals surface area contributed by atoms with Crippen molar-refractivity contribution in [2.24, 2.45) is 0 Å². The second-order valence-corrected chi connectivity index (χ2v) is 2.69. The summed E-state index contributed by atoms with van der Waals surface area (Å²) >= 11 is 0. The molecule has 98 valence electrons. The van der Waals surface area contributed by atoms with E-state index < -0.39 is 6.93 Å². The molecule has 1 nitrogen and oxygen atoms in total. The molecule has 17 heavy (non-hydrogen) atoms. The Morgan fingerprint density at radius 3 is 2.24 bits per heavy atom. The first-order valence-corrected chi connectivity index (χ1v) is 5.37. The molecule has 0 amide bonds. The Balaban J connectivity index is 0. The van der Waals surface area contributed by atoms with E-state index in [2.05, 4.69) is 11.9 Å². The number of nitrogens with one attached hydrogen (secondary N) is 1. The molecule has 0 aliphatic heterocycles. The molecule has 0 heterocycles. The topological polar surface area (TPSA) is 12.0 Å². The second-order valence-electron chi connectivity index (χ2n) is 2.69. The molecule has 0 bridgehead atoms. The molecule has 1 aromatic rings. The number of rotatable bonds is 3. The van der Waals surface area contributed by atoms with Gasteiger partial charge in [0.25, 0.3) is 0 Å². The second kappa shape index (κ2) is 12.8. The fourth-order valence-electron chi connectivity index (χ4n) is 1.05. The van der Waals surface area contributed by atoms with E-state index in [1.807, 2.05) is 13.8 Å². The Morgan fingerprint density at radius 2 is 1.82 bits per heavy atom. The van der Waals surface area contributed by atoms with Crippen LogP contribution in [0.4, 0.5) is 13.2 Å². The summed E-state index contributed by atoms with van der Waals surface area (Å²) < 4.78 is 32.3. The largest absolute Gasteiger partial charge is 0.316 e. The molecule has 1 rings (SSSR count). The highest BCUT2D eigenvalue weighted by Gasteiger charge is 1.99. The maximum Gasteiger partial charge on any atom is 0.229 e. The Labute approximate surface area is 101 Å². The van der Waals surface area contributed by atoms with E-state index in [1.165, 1.54) is 6.07 Å². The number of hydrogen-bond donors (Lipinski definition) is 1. The van der Waals surface area contributed by atoms with Crippen LogP contribution in [0.5, 0.6) is 0 Å². The highest BCUT2D eigenvalue weighted by molar-refractivity contribution is 5.48. The van der Waals surface area contributed by atoms with Gasteiger partial charge in [0, 0.05) is 12.1 Å². The summed E-state index contributed by atoms with van der Waals surface area (Å²) in [5.74, 6) is -0.171. The number of benzene rings is 1. The predicted octanol–water partition coefficient (Wildman–Crippen LogP) is 4.10. The van der Waals surface area contributed by atoms with Crippen molar-refractivity contribution >= 4 is 6.08 Å². The molecule has 0 unspecified atom stereocenters. The van der Waals surface area contributed by atoms with Gasteiger partial charge in [-0.2, -0.15) is 0 Å². The summed E-state index contributed by atoms with van der Waals surface area (Å²) in [6.45, 7) is 6.42. The third kappa shape index (κ3) is 8.51. The minimum Gasteiger partial charge on any atom is -0.316 e. The first kappa shape index (κ1) is 18.1. The molecule has 0 aromatic heterocycles. The summed E-state index contributed by atoms with van der Waals surface area (Å²) in [5.41, 5.74) is 1.62. The molecule has 4 heteroatoms. The molecule has 0 fully saturated rings. The summed E-state index contributed by atoms with van der Waals surface area (Å²) in [6.07, 6.45) is 1.71. The van der Waals surface area contributed by atoms with Crippen LogP contribution in [0.25, 0.3) is 6.08 Å². The first-order valence-electron chi connectivity index (χ1n) is 5.37. The van der Waals surface area contributed by atoms with Gasteiger partial charge in [-0.3, -0.25) is 0 Å². The van der Waals surface area contributed by atoms with Crippen molar-refractivity contribution in [2.75, 3.05) is 14.0 Å². The molecule has 0 saturated carbocycles. The normalized spacial score (nSPS) is 8.35. The van der Waals surface area contributed by atoms with E-state index in [9.17, 15) is 13.2 Å². The maximum atomic E-state index is 13.0. The van der Waals surface area contributed by atoms with E-state index >= 15 is 0 Å². The van der Waals surface area contributed by atoms with Crippen LogP contribution in [-0.2, 0) is 6.54 Å². The average Bonchev–Trinajstić information content (AvgIpc) is 2.36. The third-order valence-electron chi connectivity index (χ3n) is 1.67. The van der Waals surface area contributed by atoms with Crippen molar-refractivity contribution in [1.29, 1.82) is 0 Å². The lowest BCUT2D eigenvalue weighted by Crippen LogP contribution is -2.06. The minimum atomic E-state index is -1.75. The minimum absolute atomic E-state index is 0.171. The Kier molecular flexibility index (Phi) is 13.6. The zero-order chi connectivity index (χ0) is 13.7. The summed E-state index contributed by atoms with van der Waals surface area (Å²) in [6, 6.07) is 4.96. The van der Waals surface area contributed by atoms with Gasteiger partial charge < -0.3 is 5.32 Å². The monoisotopic (exact) mass is 247 g/mol. The smallest absolute Gasteiger partial charge is 0.229 e. The molecule has 0 saturated heterocycles. The quantitative estimate of drug-likeness (QED) is 0.848. The maximum absolute atomic E-state index is 13.0. The SMILES string of the molecule is C=Cc1ccc(F)c(CNC)c1.CC.FCF.